The number of carbonyl (C=O) groups excluding carboxylic acids is 2. The molecule has 4 aliphatic heterocycles. The number of aromatic nitrogens is 2. The van der Waals surface area contributed by atoms with Crippen LogP contribution in [0.5, 0.6) is 11.8 Å². The second-order valence-corrected chi connectivity index (χ2v) is 16.6. The highest BCUT2D eigenvalue weighted by molar-refractivity contribution is 6.34. The SMILES string of the molecule is COCOc1cc(Cl)c2c(c1)C1(CCc3c(nc(OC[C@@]45CCCN4C[C@H](F)C5)nc3N3CC4CCC(C3)N4C(=O)OC(C)(C)C)C1)CC2=O. The van der Waals surface area contributed by atoms with Gasteiger partial charge in [0.15, 0.2) is 12.6 Å². The molecule has 0 radical (unpaired) electrons. The van der Waals surface area contributed by atoms with Gasteiger partial charge in [0.25, 0.3) is 0 Å². The maximum absolute atomic E-state index is 14.6. The number of hydrogen-bond donors (Lipinski definition) is 0. The fourth-order valence-corrected chi connectivity index (χ4v) is 10.0. The van der Waals surface area contributed by atoms with Crippen molar-refractivity contribution in [2.45, 2.75) is 113 Å². The maximum Gasteiger partial charge on any atom is 0.410 e. The van der Waals surface area contributed by atoms with Crippen molar-refractivity contribution in [1.29, 1.82) is 0 Å². The smallest absolute Gasteiger partial charge is 0.410 e. The van der Waals surface area contributed by atoms with E-state index in [4.69, 9.17) is 40.5 Å². The van der Waals surface area contributed by atoms with Crippen molar-refractivity contribution in [3.63, 3.8) is 0 Å². The minimum absolute atomic E-state index is 0.00595. The predicted octanol–water partition coefficient (Wildman–Crippen LogP) is 5.67. The van der Waals surface area contributed by atoms with E-state index < -0.39 is 17.2 Å². The summed E-state index contributed by atoms with van der Waals surface area (Å²) >= 11 is 6.70. The lowest BCUT2D eigenvalue weighted by atomic mass is 9.69. The maximum atomic E-state index is 14.6. The summed E-state index contributed by atoms with van der Waals surface area (Å²) in [4.78, 5) is 43.4. The summed E-state index contributed by atoms with van der Waals surface area (Å²) in [6.45, 7) is 8.65. The van der Waals surface area contributed by atoms with Crippen LogP contribution < -0.4 is 14.4 Å². The zero-order valence-electron chi connectivity index (χ0n) is 29.4. The number of hydrogen-bond acceptors (Lipinski definition) is 10. The quantitative estimate of drug-likeness (QED) is 0.334. The predicted molar refractivity (Wildman–Crippen MR) is 184 cm³/mol. The number of ketones is 1. The molecule has 2 aliphatic carbocycles. The number of piperazine rings is 1. The molecule has 11 nitrogen and oxygen atoms in total. The first-order valence-corrected chi connectivity index (χ1v) is 18.4. The van der Waals surface area contributed by atoms with Gasteiger partial charge in [-0.2, -0.15) is 9.97 Å². The van der Waals surface area contributed by atoms with Crippen LogP contribution in [-0.4, -0.2) is 108 Å². The second kappa shape index (κ2) is 12.5. The Morgan fingerprint density at radius 2 is 1.86 bits per heavy atom. The molecule has 4 fully saturated rings. The standard InChI is InChI=1S/C37H47ClFN5O6/c1-35(2,3)50-34(46)44-23-6-7-24(44)19-42(18-23)32-26-8-10-36(16-30(45)31-27(36)12-25(13-28(31)38)49-21-47-4)15-29(26)40-33(41-32)48-20-37-9-5-11-43(37)17-22(39)14-37/h12-13,22-24H,5-11,14-21H2,1-4H3/t22-,23?,24?,36?,37+/m1/s1. The van der Waals surface area contributed by atoms with Crippen LogP contribution in [0.3, 0.4) is 0 Å². The van der Waals surface area contributed by atoms with Crippen LogP contribution in [0, 0.1) is 0 Å². The number of halogens is 2. The number of alkyl halides is 1. The number of benzene rings is 1. The molecule has 1 spiro atoms. The number of ether oxygens (including phenoxy) is 4. The number of rotatable bonds is 7. The molecule has 50 heavy (non-hydrogen) atoms. The average molecular weight is 712 g/mol. The van der Waals surface area contributed by atoms with Crippen LogP contribution in [-0.2, 0) is 27.7 Å². The molecule has 13 heteroatoms. The molecule has 5 atom stereocenters. The van der Waals surface area contributed by atoms with E-state index in [0.29, 0.717) is 68.3 Å². The van der Waals surface area contributed by atoms with Crippen LogP contribution in [0.25, 0.3) is 0 Å². The number of amides is 1. The first-order chi connectivity index (χ1) is 23.9. The van der Waals surface area contributed by atoms with Gasteiger partial charge in [0.05, 0.1) is 28.3 Å². The zero-order chi connectivity index (χ0) is 35.0. The summed E-state index contributed by atoms with van der Waals surface area (Å²) in [6.07, 6.45) is 5.28. The van der Waals surface area contributed by atoms with Crippen LogP contribution in [0.2, 0.25) is 5.02 Å². The normalized spacial score (nSPS) is 30.1. The lowest BCUT2D eigenvalue weighted by Gasteiger charge is -2.43. The summed E-state index contributed by atoms with van der Waals surface area (Å²) in [5.74, 6) is 1.41. The third-order valence-electron chi connectivity index (χ3n) is 11.8. The van der Waals surface area contributed by atoms with Crippen LogP contribution in [0.4, 0.5) is 15.0 Å². The summed E-state index contributed by atoms with van der Waals surface area (Å²) in [5.41, 5.74) is 1.94. The van der Waals surface area contributed by atoms with Crippen molar-refractivity contribution in [3.05, 3.63) is 39.5 Å². The van der Waals surface area contributed by atoms with E-state index in [-0.39, 0.29) is 42.3 Å². The molecule has 5 heterocycles. The fourth-order valence-electron chi connectivity index (χ4n) is 9.70. The highest BCUT2D eigenvalue weighted by Crippen LogP contribution is 2.52. The Kier molecular flexibility index (Phi) is 8.46. The first-order valence-electron chi connectivity index (χ1n) is 18.0. The van der Waals surface area contributed by atoms with Crippen LogP contribution in [0.15, 0.2) is 12.1 Å². The molecule has 270 valence electrons. The van der Waals surface area contributed by atoms with Crippen molar-refractivity contribution in [3.8, 4) is 11.8 Å². The van der Waals surface area contributed by atoms with E-state index in [1.807, 2.05) is 31.7 Å². The lowest BCUT2D eigenvalue weighted by molar-refractivity contribution is 0.0122. The molecule has 3 unspecified atom stereocenters. The van der Waals surface area contributed by atoms with Crippen molar-refractivity contribution in [2.24, 2.45) is 0 Å². The molecule has 8 rings (SSSR count). The van der Waals surface area contributed by atoms with Gasteiger partial charge in [-0.15, -0.1) is 0 Å². The molecule has 4 saturated heterocycles. The van der Waals surface area contributed by atoms with Crippen LogP contribution in [0.1, 0.15) is 92.9 Å². The highest BCUT2D eigenvalue weighted by atomic mass is 35.5. The van der Waals surface area contributed by atoms with E-state index in [9.17, 15) is 14.0 Å². The largest absolute Gasteiger partial charge is 0.468 e. The van der Waals surface area contributed by atoms with Crippen molar-refractivity contribution < 1.29 is 32.9 Å². The zero-order valence-corrected chi connectivity index (χ0v) is 30.2. The first kappa shape index (κ1) is 33.9. The summed E-state index contributed by atoms with van der Waals surface area (Å²) in [5, 5.41) is 0.384. The number of fused-ring (bicyclic) bond motifs is 6. The molecule has 0 N–H and O–H groups in total. The number of Topliss-reactive ketones (excluding diaryl/α,β-unsaturated/α-hetero) is 1. The van der Waals surface area contributed by atoms with E-state index in [0.717, 1.165) is 61.3 Å². The van der Waals surface area contributed by atoms with Crippen molar-refractivity contribution >= 4 is 29.3 Å². The molecular formula is C37H47ClFN5O6. The molecule has 1 aromatic heterocycles. The Morgan fingerprint density at radius 1 is 1.08 bits per heavy atom. The summed E-state index contributed by atoms with van der Waals surface area (Å²) in [6, 6.07) is 3.91. The minimum Gasteiger partial charge on any atom is -0.468 e. The van der Waals surface area contributed by atoms with Gasteiger partial charge in [0.1, 0.15) is 29.9 Å². The molecule has 1 aromatic carbocycles. The van der Waals surface area contributed by atoms with Gasteiger partial charge in [-0.25, -0.2) is 9.18 Å². The minimum atomic E-state index is -0.861. The Balaban J connectivity index is 1.13. The van der Waals surface area contributed by atoms with E-state index in [1.54, 1.807) is 13.2 Å². The number of nitrogens with zero attached hydrogens (tertiary/aromatic N) is 5. The third-order valence-corrected chi connectivity index (χ3v) is 12.1. The van der Waals surface area contributed by atoms with Gasteiger partial charge < -0.3 is 23.8 Å². The number of methoxy groups -OCH3 is 1. The van der Waals surface area contributed by atoms with Gasteiger partial charge in [0, 0.05) is 62.5 Å². The van der Waals surface area contributed by atoms with Crippen LogP contribution >= 0.6 is 11.6 Å². The molecule has 6 aliphatic rings. The summed E-state index contributed by atoms with van der Waals surface area (Å²) in [7, 11) is 1.56. The van der Waals surface area contributed by atoms with Gasteiger partial charge in [-0.05, 0) is 83.5 Å². The average Bonchev–Trinajstić information content (AvgIpc) is 3.74. The number of carbonyl (C=O) groups is 2. The lowest BCUT2D eigenvalue weighted by Crippen LogP contribution is -2.57. The van der Waals surface area contributed by atoms with Crippen molar-refractivity contribution in [1.82, 2.24) is 19.8 Å². The molecule has 2 aromatic rings. The third kappa shape index (κ3) is 5.88. The Labute approximate surface area is 297 Å². The Morgan fingerprint density at radius 3 is 2.60 bits per heavy atom. The monoisotopic (exact) mass is 711 g/mol. The fraction of sp³-hybridized carbons (Fsp3) is 0.676. The molecule has 2 bridgehead atoms. The van der Waals surface area contributed by atoms with Gasteiger partial charge >= 0.3 is 12.1 Å². The van der Waals surface area contributed by atoms with Gasteiger partial charge in [0.2, 0.25) is 0 Å². The molecule has 1 amide bonds. The number of anilines is 1. The van der Waals surface area contributed by atoms with Crippen molar-refractivity contribution in [2.75, 3.05) is 51.6 Å². The van der Waals surface area contributed by atoms with E-state index in [1.165, 1.54) is 0 Å². The van der Waals surface area contributed by atoms with E-state index in [2.05, 4.69) is 9.80 Å². The van der Waals surface area contributed by atoms with Gasteiger partial charge in [-0.3, -0.25) is 14.6 Å². The topological polar surface area (TPSA) is 107 Å². The Bertz CT molecular complexity index is 1690. The highest BCUT2D eigenvalue weighted by Gasteiger charge is 2.51. The summed E-state index contributed by atoms with van der Waals surface area (Å²) < 4.78 is 37.8. The molecule has 0 saturated carbocycles. The van der Waals surface area contributed by atoms with Gasteiger partial charge in [-0.1, -0.05) is 11.6 Å². The molecular weight excluding hydrogens is 665 g/mol. The second-order valence-electron chi connectivity index (χ2n) is 16.2. The van der Waals surface area contributed by atoms with E-state index >= 15 is 0 Å². The Hall–Kier alpha value is -3.22.